The zero-order valence-corrected chi connectivity index (χ0v) is 23.7. The van der Waals surface area contributed by atoms with E-state index in [1.165, 1.54) is 32.1 Å². The summed E-state index contributed by atoms with van der Waals surface area (Å²) in [4.78, 5) is 18.4. The zero-order chi connectivity index (χ0) is 28.1. The summed E-state index contributed by atoms with van der Waals surface area (Å²) in [7, 11) is 4.66. The van der Waals surface area contributed by atoms with E-state index in [2.05, 4.69) is 23.3 Å². The van der Waals surface area contributed by atoms with Crippen molar-refractivity contribution in [3.8, 4) is 23.3 Å². The standard InChI is InChI=1S/C32H41N3O4/c1-5-6-7-8-9-10-11-12-18-32(23-33,22-24-20-27(37-2)30(39-4)28(21-24)38-3)31(36)35-26-17-13-15-25-16-14-19-34-29(25)26/h13-17,19-21H,5-12,18,22H2,1-4H3,(H,35,36). The molecule has 0 saturated heterocycles. The predicted molar refractivity (Wildman–Crippen MR) is 155 cm³/mol. The van der Waals surface area contributed by atoms with E-state index in [9.17, 15) is 10.1 Å². The third-order valence-electron chi connectivity index (χ3n) is 7.22. The molecule has 0 fully saturated rings. The van der Waals surface area contributed by atoms with Crippen molar-refractivity contribution in [1.82, 2.24) is 4.98 Å². The van der Waals surface area contributed by atoms with Gasteiger partial charge in [0.1, 0.15) is 5.41 Å². The highest BCUT2D eigenvalue weighted by Crippen LogP contribution is 2.41. The number of amides is 1. The normalized spacial score (nSPS) is 12.4. The molecule has 0 aliphatic heterocycles. The van der Waals surface area contributed by atoms with Crippen LogP contribution in [0.15, 0.2) is 48.7 Å². The van der Waals surface area contributed by atoms with E-state index >= 15 is 0 Å². The van der Waals surface area contributed by atoms with Crippen LogP contribution in [0.2, 0.25) is 0 Å². The fraction of sp³-hybridized carbons (Fsp3) is 0.469. The summed E-state index contributed by atoms with van der Waals surface area (Å²) in [6.45, 7) is 2.22. The van der Waals surface area contributed by atoms with E-state index in [0.29, 0.717) is 34.9 Å². The number of nitrogens with one attached hydrogen (secondary N) is 1. The van der Waals surface area contributed by atoms with Crippen LogP contribution in [0.25, 0.3) is 10.9 Å². The molecule has 0 spiro atoms. The summed E-state index contributed by atoms with van der Waals surface area (Å²) in [5.41, 5.74) is 0.763. The molecular weight excluding hydrogens is 490 g/mol. The average molecular weight is 532 g/mol. The molecule has 1 N–H and O–H groups in total. The molecule has 7 nitrogen and oxygen atoms in total. The largest absolute Gasteiger partial charge is 0.493 e. The first-order chi connectivity index (χ1) is 19.0. The molecule has 1 unspecified atom stereocenters. The Bertz CT molecular complexity index is 1240. The lowest BCUT2D eigenvalue weighted by molar-refractivity contribution is -0.123. The second-order valence-corrected chi connectivity index (χ2v) is 9.96. The van der Waals surface area contributed by atoms with E-state index < -0.39 is 5.41 Å². The second kappa shape index (κ2) is 15.0. The maximum absolute atomic E-state index is 13.9. The molecule has 3 aromatic rings. The number of unbranched alkanes of at least 4 members (excludes halogenated alkanes) is 7. The maximum atomic E-state index is 13.9. The fourth-order valence-corrected chi connectivity index (χ4v) is 5.02. The molecule has 1 amide bonds. The minimum absolute atomic E-state index is 0.209. The average Bonchev–Trinajstić information content (AvgIpc) is 2.97. The Balaban J connectivity index is 1.88. The first-order valence-electron chi connectivity index (χ1n) is 13.9. The molecule has 0 aliphatic carbocycles. The van der Waals surface area contributed by atoms with Gasteiger partial charge in [-0.15, -0.1) is 0 Å². The Labute approximate surface area is 232 Å². The van der Waals surface area contributed by atoms with Gasteiger partial charge in [0, 0.05) is 18.0 Å². The summed E-state index contributed by atoms with van der Waals surface area (Å²) in [6.07, 6.45) is 11.4. The Morgan fingerprint density at radius 3 is 2.18 bits per heavy atom. The second-order valence-electron chi connectivity index (χ2n) is 9.96. The van der Waals surface area contributed by atoms with Gasteiger partial charge in [-0.25, -0.2) is 0 Å². The van der Waals surface area contributed by atoms with Gasteiger partial charge in [-0.05, 0) is 36.2 Å². The number of methoxy groups -OCH3 is 3. The van der Waals surface area contributed by atoms with Gasteiger partial charge in [0.25, 0.3) is 0 Å². The van der Waals surface area contributed by atoms with Crippen LogP contribution < -0.4 is 19.5 Å². The molecule has 208 valence electrons. The topological polar surface area (TPSA) is 93.5 Å². The number of nitrogens with zero attached hydrogens (tertiary/aromatic N) is 2. The van der Waals surface area contributed by atoms with Crippen LogP contribution in [0.4, 0.5) is 5.69 Å². The van der Waals surface area contributed by atoms with Gasteiger partial charge in [0.05, 0.1) is 38.6 Å². The maximum Gasteiger partial charge on any atom is 0.245 e. The SMILES string of the molecule is CCCCCCCCCCC(C#N)(Cc1cc(OC)c(OC)c(OC)c1)C(=O)Nc1cccc2cccnc12. The van der Waals surface area contributed by atoms with Crippen LogP contribution in [0, 0.1) is 16.7 Å². The zero-order valence-electron chi connectivity index (χ0n) is 23.7. The Hall–Kier alpha value is -3.79. The Kier molecular flexibility index (Phi) is 11.4. The van der Waals surface area contributed by atoms with Crippen LogP contribution >= 0.6 is 0 Å². The molecule has 1 heterocycles. The highest BCUT2D eigenvalue weighted by atomic mass is 16.5. The van der Waals surface area contributed by atoms with E-state index in [1.807, 2.05) is 42.5 Å². The third kappa shape index (κ3) is 7.63. The summed E-state index contributed by atoms with van der Waals surface area (Å²) in [6, 6.07) is 15.5. The number of hydrogen-bond donors (Lipinski definition) is 1. The van der Waals surface area contributed by atoms with Crippen molar-refractivity contribution < 1.29 is 19.0 Å². The predicted octanol–water partition coefficient (Wildman–Crippen LogP) is 7.48. The van der Waals surface area contributed by atoms with Gasteiger partial charge in [-0.2, -0.15) is 5.26 Å². The molecule has 39 heavy (non-hydrogen) atoms. The Morgan fingerprint density at radius 1 is 0.923 bits per heavy atom. The van der Waals surface area contributed by atoms with Crippen LogP contribution in [0.1, 0.15) is 70.3 Å². The van der Waals surface area contributed by atoms with Gasteiger partial charge in [0.15, 0.2) is 11.5 Å². The molecule has 0 radical (unpaired) electrons. The van der Waals surface area contributed by atoms with E-state index in [4.69, 9.17) is 14.2 Å². The monoisotopic (exact) mass is 531 g/mol. The smallest absolute Gasteiger partial charge is 0.245 e. The van der Waals surface area contributed by atoms with Gasteiger partial charge in [-0.3, -0.25) is 9.78 Å². The van der Waals surface area contributed by atoms with Gasteiger partial charge < -0.3 is 19.5 Å². The summed E-state index contributed by atoms with van der Waals surface area (Å²) < 4.78 is 16.5. The highest BCUT2D eigenvalue weighted by molar-refractivity contribution is 6.03. The quantitative estimate of drug-likeness (QED) is 0.193. The molecule has 1 atom stereocenters. The minimum atomic E-state index is -1.29. The number of para-hydroxylation sites is 1. The summed E-state index contributed by atoms with van der Waals surface area (Å²) >= 11 is 0. The van der Waals surface area contributed by atoms with E-state index in [-0.39, 0.29) is 12.3 Å². The molecule has 0 aliphatic rings. The molecular formula is C32H41N3O4. The van der Waals surface area contributed by atoms with Crippen LogP contribution in [0.3, 0.4) is 0 Å². The lowest BCUT2D eigenvalue weighted by atomic mass is 9.77. The first kappa shape index (κ1) is 29.8. The van der Waals surface area contributed by atoms with Gasteiger partial charge >= 0.3 is 0 Å². The number of pyridine rings is 1. The van der Waals surface area contributed by atoms with Crippen LogP contribution in [0.5, 0.6) is 17.2 Å². The van der Waals surface area contributed by atoms with Gasteiger partial charge in [-0.1, -0.05) is 76.5 Å². The number of benzene rings is 2. The molecule has 0 bridgehead atoms. The molecule has 3 rings (SSSR count). The number of hydrogen-bond acceptors (Lipinski definition) is 6. The lowest BCUT2D eigenvalue weighted by Gasteiger charge is -2.27. The number of ether oxygens (including phenoxy) is 3. The Morgan fingerprint density at radius 2 is 1.56 bits per heavy atom. The molecule has 0 saturated carbocycles. The van der Waals surface area contributed by atoms with Crippen molar-refractivity contribution in [3.63, 3.8) is 0 Å². The van der Waals surface area contributed by atoms with Crippen molar-refractivity contribution in [2.24, 2.45) is 5.41 Å². The van der Waals surface area contributed by atoms with Crippen molar-refractivity contribution in [3.05, 3.63) is 54.2 Å². The summed E-state index contributed by atoms with van der Waals surface area (Å²) in [5, 5.41) is 14.5. The number of aromatic nitrogens is 1. The van der Waals surface area contributed by atoms with Crippen molar-refractivity contribution in [2.45, 2.75) is 71.1 Å². The minimum Gasteiger partial charge on any atom is -0.493 e. The third-order valence-corrected chi connectivity index (χ3v) is 7.22. The number of fused-ring (bicyclic) bond motifs is 1. The number of nitriles is 1. The molecule has 7 heteroatoms. The van der Waals surface area contributed by atoms with Crippen LogP contribution in [-0.4, -0.2) is 32.2 Å². The highest BCUT2D eigenvalue weighted by Gasteiger charge is 2.39. The van der Waals surface area contributed by atoms with E-state index in [0.717, 1.165) is 30.2 Å². The fourth-order valence-electron chi connectivity index (χ4n) is 5.02. The van der Waals surface area contributed by atoms with Crippen molar-refractivity contribution >= 4 is 22.5 Å². The van der Waals surface area contributed by atoms with Gasteiger partial charge in [0.2, 0.25) is 11.7 Å². The first-order valence-corrected chi connectivity index (χ1v) is 13.9. The molecule has 2 aromatic carbocycles. The number of carbonyl (C=O) groups is 1. The number of carbonyl (C=O) groups excluding carboxylic acids is 1. The number of anilines is 1. The van der Waals surface area contributed by atoms with E-state index in [1.54, 1.807) is 27.5 Å². The van der Waals surface area contributed by atoms with Crippen molar-refractivity contribution in [2.75, 3.05) is 26.6 Å². The van der Waals surface area contributed by atoms with Crippen molar-refractivity contribution in [1.29, 1.82) is 5.26 Å². The van der Waals surface area contributed by atoms with Crippen LogP contribution in [-0.2, 0) is 11.2 Å². The summed E-state index contributed by atoms with van der Waals surface area (Å²) in [5.74, 6) is 1.12. The molecule has 1 aromatic heterocycles. The number of rotatable bonds is 16. The lowest BCUT2D eigenvalue weighted by Crippen LogP contribution is -2.37.